The van der Waals surface area contributed by atoms with E-state index >= 15 is 0 Å². The standard InChI is InChI=1S/C11H11NO3/c1-2-12-6-8-5-7(11(14)15)3-4-9(8)10(12)13/h3-5H,2,6H2,1H3,(H,14,15). The molecule has 0 fully saturated rings. The van der Waals surface area contributed by atoms with Gasteiger partial charge < -0.3 is 10.0 Å². The van der Waals surface area contributed by atoms with Crippen LogP contribution in [0.25, 0.3) is 0 Å². The zero-order chi connectivity index (χ0) is 11.0. The number of hydrogen-bond acceptors (Lipinski definition) is 2. The Balaban J connectivity index is 2.42. The van der Waals surface area contributed by atoms with Gasteiger partial charge in [0.05, 0.1) is 5.56 Å². The number of hydrogen-bond donors (Lipinski definition) is 1. The van der Waals surface area contributed by atoms with Crippen LogP contribution < -0.4 is 0 Å². The van der Waals surface area contributed by atoms with Gasteiger partial charge in [-0.2, -0.15) is 0 Å². The molecule has 78 valence electrons. The van der Waals surface area contributed by atoms with Crippen LogP contribution in [0.1, 0.15) is 33.2 Å². The van der Waals surface area contributed by atoms with Crippen LogP contribution in [-0.2, 0) is 6.54 Å². The molecule has 0 saturated heterocycles. The molecule has 1 aliphatic heterocycles. The van der Waals surface area contributed by atoms with E-state index in [1.807, 2.05) is 6.92 Å². The third kappa shape index (κ3) is 1.48. The fourth-order valence-corrected chi connectivity index (χ4v) is 1.77. The lowest BCUT2D eigenvalue weighted by Gasteiger charge is -2.10. The van der Waals surface area contributed by atoms with Crippen molar-refractivity contribution >= 4 is 11.9 Å². The molecule has 1 aromatic carbocycles. The number of carbonyl (C=O) groups excluding carboxylic acids is 1. The lowest BCUT2D eigenvalue weighted by Crippen LogP contribution is -2.22. The summed E-state index contributed by atoms with van der Waals surface area (Å²) in [7, 11) is 0. The fraction of sp³-hybridized carbons (Fsp3) is 0.273. The normalized spacial score (nSPS) is 14.2. The Hall–Kier alpha value is -1.84. The van der Waals surface area contributed by atoms with Gasteiger partial charge in [0.2, 0.25) is 0 Å². The minimum Gasteiger partial charge on any atom is -0.478 e. The Labute approximate surface area is 87.1 Å². The highest BCUT2D eigenvalue weighted by atomic mass is 16.4. The van der Waals surface area contributed by atoms with E-state index in [1.54, 1.807) is 17.0 Å². The van der Waals surface area contributed by atoms with E-state index in [2.05, 4.69) is 0 Å². The highest BCUT2D eigenvalue weighted by Gasteiger charge is 2.26. The first-order chi connectivity index (χ1) is 7.13. The summed E-state index contributed by atoms with van der Waals surface area (Å²) < 4.78 is 0. The highest BCUT2D eigenvalue weighted by molar-refractivity contribution is 5.99. The third-order valence-electron chi connectivity index (χ3n) is 2.61. The maximum absolute atomic E-state index is 11.7. The van der Waals surface area contributed by atoms with Crippen molar-refractivity contribution in [2.24, 2.45) is 0 Å². The molecule has 1 N–H and O–H groups in total. The highest BCUT2D eigenvalue weighted by Crippen LogP contribution is 2.23. The Morgan fingerprint density at radius 1 is 1.53 bits per heavy atom. The summed E-state index contributed by atoms with van der Waals surface area (Å²) in [5.41, 5.74) is 1.67. The molecule has 0 atom stereocenters. The first kappa shape index (κ1) is 9.71. The predicted molar refractivity (Wildman–Crippen MR) is 53.8 cm³/mol. The van der Waals surface area contributed by atoms with Crippen molar-refractivity contribution < 1.29 is 14.7 Å². The number of carboxylic acid groups (broad SMARTS) is 1. The van der Waals surface area contributed by atoms with Gasteiger partial charge in [-0.25, -0.2) is 4.79 Å². The Bertz CT molecular complexity index is 439. The van der Waals surface area contributed by atoms with E-state index in [9.17, 15) is 9.59 Å². The molecule has 1 heterocycles. The summed E-state index contributed by atoms with van der Waals surface area (Å²) in [5, 5.41) is 8.81. The predicted octanol–water partition coefficient (Wildman–Crippen LogP) is 1.36. The van der Waals surface area contributed by atoms with E-state index < -0.39 is 5.97 Å². The van der Waals surface area contributed by atoms with E-state index in [-0.39, 0.29) is 11.5 Å². The molecule has 0 aromatic heterocycles. The molecule has 15 heavy (non-hydrogen) atoms. The molecule has 1 aromatic rings. The zero-order valence-corrected chi connectivity index (χ0v) is 8.36. The minimum absolute atomic E-state index is 0.00978. The fourth-order valence-electron chi connectivity index (χ4n) is 1.77. The molecule has 0 bridgehead atoms. The summed E-state index contributed by atoms with van der Waals surface area (Å²) in [4.78, 5) is 24.1. The maximum atomic E-state index is 11.7. The number of aromatic carboxylic acids is 1. The number of fused-ring (bicyclic) bond motifs is 1. The van der Waals surface area contributed by atoms with E-state index in [0.29, 0.717) is 18.7 Å². The van der Waals surface area contributed by atoms with Gasteiger partial charge in [-0.1, -0.05) is 0 Å². The number of carboxylic acids is 1. The van der Waals surface area contributed by atoms with Crippen molar-refractivity contribution in [3.05, 3.63) is 34.9 Å². The average molecular weight is 205 g/mol. The lowest BCUT2D eigenvalue weighted by molar-refractivity contribution is 0.0696. The van der Waals surface area contributed by atoms with Crippen molar-refractivity contribution in [1.29, 1.82) is 0 Å². The maximum Gasteiger partial charge on any atom is 0.335 e. The SMILES string of the molecule is CCN1Cc2cc(C(=O)O)ccc2C1=O. The second-order valence-corrected chi connectivity index (χ2v) is 3.50. The van der Waals surface area contributed by atoms with Crippen molar-refractivity contribution in [1.82, 2.24) is 4.90 Å². The second kappa shape index (κ2) is 3.38. The monoisotopic (exact) mass is 205 g/mol. The molecule has 1 aliphatic rings. The van der Waals surface area contributed by atoms with Crippen molar-refractivity contribution in [2.75, 3.05) is 6.54 Å². The Kier molecular flexibility index (Phi) is 2.19. The summed E-state index contributed by atoms with van der Waals surface area (Å²) >= 11 is 0. The summed E-state index contributed by atoms with van der Waals surface area (Å²) in [6.45, 7) is 3.07. The molecule has 1 amide bonds. The average Bonchev–Trinajstić information content (AvgIpc) is 2.55. The van der Waals surface area contributed by atoms with Crippen LogP contribution >= 0.6 is 0 Å². The van der Waals surface area contributed by atoms with Crippen molar-refractivity contribution in [3.63, 3.8) is 0 Å². The largest absolute Gasteiger partial charge is 0.478 e. The van der Waals surface area contributed by atoms with E-state index in [1.165, 1.54) is 6.07 Å². The molecule has 4 heteroatoms. The molecule has 2 rings (SSSR count). The smallest absolute Gasteiger partial charge is 0.335 e. The number of nitrogens with zero attached hydrogens (tertiary/aromatic N) is 1. The number of amides is 1. The molecule has 0 saturated carbocycles. The van der Waals surface area contributed by atoms with Crippen LogP contribution in [0.5, 0.6) is 0 Å². The van der Waals surface area contributed by atoms with Gasteiger partial charge in [0, 0.05) is 18.7 Å². The molecule has 0 unspecified atom stereocenters. The Morgan fingerprint density at radius 2 is 2.27 bits per heavy atom. The molecular formula is C11H11NO3. The second-order valence-electron chi connectivity index (χ2n) is 3.50. The Morgan fingerprint density at radius 3 is 2.87 bits per heavy atom. The first-order valence-electron chi connectivity index (χ1n) is 4.79. The van der Waals surface area contributed by atoms with Gasteiger partial charge in [0.25, 0.3) is 5.91 Å². The molecule has 0 radical (unpaired) electrons. The van der Waals surface area contributed by atoms with Gasteiger partial charge >= 0.3 is 5.97 Å². The van der Waals surface area contributed by atoms with Crippen LogP contribution in [0.4, 0.5) is 0 Å². The van der Waals surface area contributed by atoms with Crippen molar-refractivity contribution in [2.45, 2.75) is 13.5 Å². The molecule has 0 aliphatic carbocycles. The molecular weight excluding hydrogens is 194 g/mol. The molecule has 0 spiro atoms. The van der Waals surface area contributed by atoms with Crippen LogP contribution in [-0.4, -0.2) is 28.4 Å². The van der Waals surface area contributed by atoms with E-state index in [0.717, 1.165) is 5.56 Å². The van der Waals surface area contributed by atoms with Gasteiger partial charge in [-0.05, 0) is 30.7 Å². The number of rotatable bonds is 2. The zero-order valence-electron chi connectivity index (χ0n) is 8.36. The van der Waals surface area contributed by atoms with Crippen LogP contribution in [0.3, 0.4) is 0 Å². The van der Waals surface area contributed by atoms with Gasteiger partial charge in [-0.15, -0.1) is 0 Å². The van der Waals surface area contributed by atoms with Gasteiger partial charge in [0.1, 0.15) is 0 Å². The summed E-state index contributed by atoms with van der Waals surface area (Å²) in [6.07, 6.45) is 0. The quantitative estimate of drug-likeness (QED) is 0.793. The summed E-state index contributed by atoms with van der Waals surface area (Å²) in [5.74, 6) is -0.968. The van der Waals surface area contributed by atoms with Crippen LogP contribution in [0, 0.1) is 0 Å². The summed E-state index contributed by atoms with van der Waals surface area (Å²) in [6, 6.07) is 4.64. The van der Waals surface area contributed by atoms with Gasteiger partial charge in [0.15, 0.2) is 0 Å². The third-order valence-corrected chi connectivity index (χ3v) is 2.61. The van der Waals surface area contributed by atoms with Crippen molar-refractivity contribution in [3.8, 4) is 0 Å². The first-order valence-corrected chi connectivity index (χ1v) is 4.79. The van der Waals surface area contributed by atoms with Gasteiger partial charge in [-0.3, -0.25) is 4.79 Å². The minimum atomic E-state index is -0.958. The lowest BCUT2D eigenvalue weighted by atomic mass is 10.1. The topological polar surface area (TPSA) is 57.6 Å². The number of carbonyl (C=O) groups is 2. The van der Waals surface area contributed by atoms with Crippen LogP contribution in [0.15, 0.2) is 18.2 Å². The van der Waals surface area contributed by atoms with Crippen LogP contribution in [0.2, 0.25) is 0 Å². The molecule has 4 nitrogen and oxygen atoms in total. The number of benzene rings is 1. The van der Waals surface area contributed by atoms with E-state index in [4.69, 9.17) is 5.11 Å².